The van der Waals surface area contributed by atoms with Crippen LogP contribution in [0.4, 0.5) is 0 Å². The van der Waals surface area contributed by atoms with Crippen LogP contribution in [0.3, 0.4) is 0 Å². The molecule has 2 N–H and O–H groups in total. The first-order chi connectivity index (χ1) is 12.5. The normalized spacial score (nSPS) is 16.8. The van der Waals surface area contributed by atoms with Gasteiger partial charge < -0.3 is 10.3 Å². The summed E-state index contributed by atoms with van der Waals surface area (Å²) in [7, 11) is 0. The van der Waals surface area contributed by atoms with Crippen molar-refractivity contribution < 1.29 is 4.79 Å². The van der Waals surface area contributed by atoms with Crippen LogP contribution in [0.5, 0.6) is 0 Å². The second-order valence-electron chi connectivity index (χ2n) is 6.61. The van der Waals surface area contributed by atoms with E-state index < -0.39 is 5.69 Å². The molecular weight excluding hydrogens is 334 g/mol. The number of nitrogens with one attached hydrogen (secondary N) is 2. The van der Waals surface area contributed by atoms with Crippen LogP contribution in [-0.2, 0) is 17.9 Å². The highest BCUT2D eigenvalue weighted by Crippen LogP contribution is 2.10. The number of aromatic nitrogens is 3. The van der Waals surface area contributed by atoms with Crippen molar-refractivity contribution >= 4 is 5.91 Å². The summed E-state index contributed by atoms with van der Waals surface area (Å²) >= 11 is 0. The van der Waals surface area contributed by atoms with Gasteiger partial charge in [-0.05, 0) is 25.5 Å². The van der Waals surface area contributed by atoms with Crippen LogP contribution in [0, 0.1) is 6.92 Å². The summed E-state index contributed by atoms with van der Waals surface area (Å²) in [6.07, 6.45) is 3.07. The smallest absolute Gasteiger partial charge is 0.328 e. The molecule has 8 nitrogen and oxygen atoms in total. The summed E-state index contributed by atoms with van der Waals surface area (Å²) in [6.45, 7) is 3.72. The molecule has 0 unspecified atom stereocenters. The fourth-order valence-corrected chi connectivity index (χ4v) is 3.17. The van der Waals surface area contributed by atoms with E-state index in [1.54, 1.807) is 13.1 Å². The highest BCUT2D eigenvalue weighted by atomic mass is 16.2. The molecule has 8 heteroatoms. The number of H-pyrrole nitrogens is 1. The molecule has 3 rings (SSSR count). The molecule has 2 aromatic heterocycles. The molecule has 1 saturated heterocycles. The lowest BCUT2D eigenvalue weighted by Gasteiger charge is -2.25. The topological polar surface area (TPSA) is 100 Å². The second kappa shape index (κ2) is 8.09. The molecule has 26 heavy (non-hydrogen) atoms. The van der Waals surface area contributed by atoms with E-state index in [0.717, 1.165) is 12.1 Å². The van der Waals surface area contributed by atoms with Gasteiger partial charge in [0.2, 0.25) is 5.91 Å². The van der Waals surface area contributed by atoms with E-state index in [0.29, 0.717) is 31.7 Å². The highest BCUT2D eigenvalue weighted by Gasteiger charge is 2.23. The molecule has 0 radical (unpaired) electrons. The van der Waals surface area contributed by atoms with Crippen LogP contribution >= 0.6 is 0 Å². The molecule has 0 bridgehead atoms. The number of pyridine rings is 1. The van der Waals surface area contributed by atoms with Crippen molar-refractivity contribution in [1.29, 1.82) is 0 Å². The van der Waals surface area contributed by atoms with Gasteiger partial charge in [-0.3, -0.25) is 24.0 Å². The summed E-state index contributed by atoms with van der Waals surface area (Å²) in [6, 6.07) is 7.22. The number of carbonyl (C=O) groups excluding carboxylic acids is 1. The first kappa shape index (κ1) is 18.1. The van der Waals surface area contributed by atoms with Crippen molar-refractivity contribution in [2.45, 2.75) is 38.9 Å². The predicted octanol–water partition coefficient (Wildman–Crippen LogP) is 0.0208. The van der Waals surface area contributed by atoms with E-state index in [1.807, 2.05) is 18.2 Å². The van der Waals surface area contributed by atoms with E-state index in [4.69, 9.17) is 0 Å². The number of aryl methyl sites for hydroxylation is 1. The number of hydrogen-bond acceptors (Lipinski definition) is 5. The van der Waals surface area contributed by atoms with E-state index >= 15 is 0 Å². The molecule has 138 valence electrons. The monoisotopic (exact) mass is 357 g/mol. The Labute approximate surface area is 150 Å². The molecule has 0 spiro atoms. The Kier molecular flexibility index (Phi) is 5.62. The fraction of sp³-hybridized carbons (Fsp3) is 0.444. The first-order valence-corrected chi connectivity index (χ1v) is 8.73. The summed E-state index contributed by atoms with van der Waals surface area (Å²) in [5, 5.41) is 2.96. The largest absolute Gasteiger partial charge is 0.352 e. The minimum atomic E-state index is -0.401. The van der Waals surface area contributed by atoms with Gasteiger partial charge in [-0.15, -0.1) is 0 Å². The van der Waals surface area contributed by atoms with Crippen LogP contribution < -0.4 is 16.6 Å². The Morgan fingerprint density at radius 3 is 2.81 bits per heavy atom. The van der Waals surface area contributed by atoms with Crippen LogP contribution in [0.2, 0.25) is 0 Å². The molecule has 1 atom stereocenters. The molecule has 3 heterocycles. The van der Waals surface area contributed by atoms with E-state index in [9.17, 15) is 14.4 Å². The van der Waals surface area contributed by atoms with Gasteiger partial charge in [-0.2, -0.15) is 0 Å². The molecule has 1 aliphatic heterocycles. The van der Waals surface area contributed by atoms with E-state index in [1.165, 1.54) is 10.6 Å². The Morgan fingerprint density at radius 1 is 1.31 bits per heavy atom. The SMILES string of the molecule is Cc1cc(=O)n(CCN(Cc2ccccn2)C[C@@H]2CCC(=O)N2)c(=O)[nH]1. The quantitative estimate of drug-likeness (QED) is 0.728. The van der Waals surface area contributed by atoms with Gasteiger partial charge in [0.25, 0.3) is 5.56 Å². The van der Waals surface area contributed by atoms with Crippen LogP contribution in [0.1, 0.15) is 24.2 Å². The Morgan fingerprint density at radius 2 is 2.15 bits per heavy atom. The molecule has 0 aromatic carbocycles. The van der Waals surface area contributed by atoms with E-state index in [2.05, 4.69) is 20.2 Å². The molecule has 0 aliphatic carbocycles. The standard InChI is InChI=1S/C18H23N5O3/c1-13-10-17(25)23(18(26)20-13)9-8-22(11-14-4-2-3-7-19-14)12-15-5-6-16(24)21-15/h2-4,7,10,15H,5-6,8-9,11-12H2,1H3,(H,20,26)(H,21,24)/t15-/m0/s1. The third-order valence-electron chi connectivity index (χ3n) is 4.47. The average molecular weight is 357 g/mol. The lowest BCUT2D eigenvalue weighted by molar-refractivity contribution is -0.119. The van der Waals surface area contributed by atoms with Crippen molar-refractivity contribution in [2.75, 3.05) is 13.1 Å². The number of aromatic amines is 1. The maximum Gasteiger partial charge on any atom is 0.328 e. The van der Waals surface area contributed by atoms with Gasteiger partial charge >= 0.3 is 5.69 Å². The Hall–Kier alpha value is -2.74. The van der Waals surface area contributed by atoms with Crippen molar-refractivity contribution in [3.63, 3.8) is 0 Å². The van der Waals surface area contributed by atoms with Crippen molar-refractivity contribution in [1.82, 2.24) is 24.8 Å². The zero-order valence-corrected chi connectivity index (χ0v) is 14.8. The average Bonchev–Trinajstić information content (AvgIpc) is 2.99. The molecule has 0 saturated carbocycles. The number of amides is 1. The van der Waals surface area contributed by atoms with Crippen molar-refractivity contribution in [3.8, 4) is 0 Å². The third-order valence-corrected chi connectivity index (χ3v) is 4.47. The van der Waals surface area contributed by atoms with Crippen LogP contribution in [0.15, 0.2) is 40.1 Å². The lowest BCUT2D eigenvalue weighted by Crippen LogP contribution is -2.43. The third kappa shape index (κ3) is 4.66. The van der Waals surface area contributed by atoms with Gasteiger partial charge in [-0.25, -0.2) is 4.79 Å². The minimum Gasteiger partial charge on any atom is -0.352 e. The molecular formula is C18H23N5O3. The molecule has 1 amide bonds. The highest BCUT2D eigenvalue weighted by molar-refractivity contribution is 5.78. The maximum absolute atomic E-state index is 12.1. The van der Waals surface area contributed by atoms with Gasteiger partial charge in [-0.1, -0.05) is 6.07 Å². The maximum atomic E-state index is 12.1. The van der Waals surface area contributed by atoms with E-state index in [-0.39, 0.29) is 24.1 Å². The summed E-state index contributed by atoms with van der Waals surface area (Å²) in [4.78, 5) is 44.7. The number of nitrogens with zero attached hydrogens (tertiary/aromatic N) is 3. The summed E-state index contributed by atoms with van der Waals surface area (Å²) in [5.41, 5.74) is 0.748. The van der Waals surface area contributed by atoms with Crippen molar-refractivity contribution in [3.05, 3.63) is 62.7 Å². The molecule has 1 aliphatic rings. The fourth-order valence-electron chi connectivity index (χ4n) is 3.17. The molecule has 1 fully saturated rings. The summed E-state index contributed by atoms with van der Waals surface area (Å²) in [5.74, 6) is 0.0685. The first-order valence-electron chi connectivity index (χ1n) is 8.73. The predicted molar refractivity (Wildman–Crippen MR) is 96.7 cm³/mol. The van der Waals surface area contributed by atoms with Gasteiger partial charge in [0.05, 0.1) is 5.69 Å². The van der Waals surface area contributed by atoms with Gasteiger partial charge in [0.1, 0.15) is 0 Å². The van der Waals surface area contributed by atoms with Crippen LogP contribution in [0.25, 0.3) is 0 Å². The zero-order chi connectivity index (χ0) is 18.5. The molecule has 2 aromatic rings. The zero-order valence-electron chi connectivity index (χ0n) is 14.8. The Balaban J connectivity index is 1.71. The second-order valence-corrected chi connectivity index (χ2v) is 6.61. The number of carbonyl (C=O) groups is 1. The number of hydrogen-bond donors (Lipinski definition) is 2. The minimum absolute atomic E-state index is 0.0685. The van der Waals surface area contributed by atoms with Crippen molar-refractivity contribution in [2.24, 2.45) is 0 Å². The van der Waals surface area contributed by atoms with Gasteiger partial charge in [0.15, 0.2) is 0 Å². The summed E-state index contributed by atoms with van der Waals surface area (Å²) < 4.78 is 1.20. The Bertz CT molecular complexity index is 843. The van der Waals surface area contributed by atoms with Crippen LogP contribution in [-0.4, -0.2) is 44.5 Å². The number of rotatable bonds is 7. The van der Waals surface area contributed by atoms with Gasteiger partial charge in [0, 0.05) is 56.6 Å². The lowest BCUT2D eigenvalue weighted by atomic mass is 10.2.